The highest BCUT2D eigenvalue weighted by Crippen LogP contribution is 2.12. The van der Waals surface area contributed by atoms with E-state index in [1.165, 1.54) is 12.1 Å². The molecule has 1 N–H and O–H groups in total. The van der Waals surface area contributed by atoms with E-state index in [9.17, 15) is 9.18 Å². The van der Waals surface area contributed by atoms with Gasteiger partial charge in [0, 0.05) is 38.9 Å². The van der Waals surface area contributed by atoms with Crippen molar-refractivity contribution in [3.63, 3.8) is 0 Å². The zero-order valence-electron chi connectivity index (χ0n) is 13.5. The molecule has 0 bridgehead atoms. The van der Waals surface area contributed by atoms with Gasteiger partial charge >= 0.3 is 0 Å². The number of hydrogen-bond acceptors (Lipinski definition) is 4. The standard InChI is InChI=1S/C18H21FN4O/c19-16-6-4-15(5-7-16)13-21-18(24)14-22-9-11-23(12-10-22)17-3-1-2-8-20-17/h1-8H,9-14H2,(H,21,24). The summed E-state index contributed by atoms with van der Waals surface area (Å²) in [6.45, 7) is 4.20. The summed E-state index contributed by atoms with van der Waals surface area (Å²) in [4.78, 5) is 20.8. The van der Waals surface area contributed by atoms with Crippen LogP contribution in [0.2, 0.25) is 0 Å². The molecule has 0 atom stereocenters. The fourth-order valence-electron chi connectivity index (χ4n) is 2.74. The van der Waals surface area contributed by atoms with Crippen LogP contribution in [-0.2, 0) is 11.3 Å². The predicted octanol–water partition coefficient (Wildman–Crippen LogP) is 1.66. The second-order valence-electron chi connectivity index (χ2n) is 5.85. The van der Waals surface area contributed by atoms with Gasteiger partial charge in [-0.1, -0.05) is 18.2 Å². The molecule has 0 aliphatic carbocycles. The Morgan fingerprint density at radius 3 is 2.50 bits per heavy atom. The SMILES string of the molecule is O=C(CN1CCN(c2ccccn2)CC1)NCc1ccc(F)cc1. The van der Waals surface area contributed by atoms with E-state index in [-0.39, 0.29) is 11.7 Å². The van der Waals surface area contributed by atoms with E-state index in [0.717, 1.165) is 37.6 Å². The van der Waals surface area contributed by atoms with Gasteiger partial charge in [-0.15, -0.1) is 0 Å². The first-order chi connectivity index (χ1) is 11.7. The third-order valence-corrected chi connectivity index (χ3v) is 4.12. The highest BCUT2D eigenvalue weighted by Gasteiger charge is 2.19. The number of nitrogens with zero attached hydrogens (tertiary/aromatic N) is 3. The Labute approximate surface area is 141 Å². The van der Waals surface area contributed by atoms with Crippen LogP contribution in [0.3, 0.4) is 0 Å². The molecule has 3 rings (SSSR count). The van der Waals surface area contributed by atoms with Crippen LogP contribution >= 0.6 is 0 Å². The van der Waals surface area contributed by atoms with Crippen LogP contribution in [0.25, 0.3) is 0 Å². The number of hydrogen-bond donors (Lipinski definition) is 1. The summed E-state index contributed by atoms with van der Waals surface area (Å²) in [5.74, 6) is 0.708. The lowest BCUT2D eigenvalue weighted by Gasteiger charge is -2.34. The molecule has 6 heteroatoms. The van der Waals surface area contributed by atoms with Gasteiger partial charge in [0.2, 0.25) is 5.91 Å². The fourth-order valence-corrected chi connectivity index (χ4v) is 2.74. The molecule has 2 heterocycles. The largest absolute Gasteiger partial charge is 0.354 e. The second-order valence-corrected chi connectivity index (χ2v) is 5.85. The molecule has 5 nitrogen and oxygen atoms in total. The van der Waals surface area contributed by atoms with Gasteiger partial charge < -0.3 is 10.2 Å². The van der Waals surface area contributed by atoms with E-state index in [0.29, 0.717) is 13.1 Å². The van der Waals surface area contributed by atoms with E-state index >= 15 is 0 Å². The second kappa shape index (κ2) is 7.88. The molecule has 2 aromatic rings. The van der Waals surface area contributed by atoms with Crippen molar-refractivity contribution in [3.05, 3.63) is 60.0 Å². The van der Waals surface area contributed by atoms with E-state index < -0.39 is 0 Å². The third kappa shape index (κ3) is 4.52. The van der Waals surface area contributed by atoms with Crippen LogP contribution in [0.1, 0.15) is 5.56 Å². The molecule has 1 aromatic carbocycles. The summed E-state index contributed by atoms with van der Waals surface area (Å²) < 4.78 is 12.8. The lowest BCUT2D eigenvalue weighted by atomic mass is 10.2. The van der Waals surface area contributed by atoms with Crippen LogP contribution in [0.5, 0.6) is 0 Å². The number of aromatic nitrogens is 1. The number of pyridine rings is 1. The van der Waals surface area contributed by atoms with Gasteiger partial charge in [0.05, 0.1) is 6.54 Å². The number of rotatable bonds is 5. The first-order valence-corrected chi connectivity index (χ1v) is 8.10. The molecule has 0 unspecified atom stereocenters. The summed E-state index contributed by atoms with van der Waals surface area (Å²) in [5.41, 5.74) is 0.893. The average molecular weight is 328 g/mol. The zero-order valence-corrected chi connectivity index (χ0v) is 13.5. The van der Waals surface area contributed by atoms with Crippen molar-refractivity contribution in [2.45, 2.75) is 6.54 Å². The minimum atomic E-state index is -0.268. The summed E-state index contributed by atoms with van der Waals surface area (Å²) >= 11 is 0. The zero-order chi connectivity index (χ0) is 16.8. The average Bonchev–Trinajstić information content (AvgIpc) is 2.63. The predicted molar refractivity (Wildman–Crippen MR) is 91.1 cm³/mol. The number of nitrogens with one attached hydrogen (secondary N) is 1. The minimum Gasteiger partial charge on any atom is -0.354 e. The van der Waals surface area contributed by atoms with E-state index in [4.69, 9.17) is 0 Å². The molecular formula is C18H21FN4O. The summed E-state index contributed by atoms with van der Waals surface area (Å²) in [5, 5.41) is 2.88. The molecule has 0 saturated carbocycles. The van der Waals surface area contributed by atoms with Crippen LogP contribution in [0, 0.1) is 5.82 Å². The molecule has 1 saturated heterocycles. The Kier molecular flexibility index (Phi) is 5.38. The van der Waals surface area contributed by atoms with Crippen molar-refractivity contribution in [1.82, 2.24) is 15.2 Å². The Morgan fingerprint density at radius 2 is 1.83 bits per heavy atom. The third-order valence-electron chi connectivity index (χ3n) is 4.12. The van der Waals surface area contributed by atoms with Crippen LogP contribution < -0.4 is 10.2 Å². The molecule has 1 aliphatic heterocycles. The van der Waals surface area contributed by atoms with E-state index in [2.05, 4.69) is 20.1 Å². The Balaban J connectivity index is 1.41. The maximum Gasteiger partial charge on any atom is 0.234 e. The molecule has 24 heavy (non-hydrogen) atoms. The molecule has 1 fully saturated rings. The number of piperazine rings is 1. The number of amides is 1. The lowest BCUT2D eigenvalue weighted by Crippen LogP contribution is -2.49. The highest BCUT2D eigenvalue weighted by atomic mass is 19.1. The summed E-state index contributed by atoms with van der Waals surface area (Å²) in [6, 6.07) is 12.1. The lowest BCUT2D eigenvalue weighted by molar-refractivity contribution is -0.122. The van der Waals surface area contributed by atoms with Crippen LogP contribution in [-0.4, -0.2) is 48.5 Å². The molecule has 0 radical (unpaired) electrons. The van der Waals surface area contributed by atoms with Gasteiger partial charge in [0.1, 0.15) is 11.6 Å². The van der Waals surface area contributed by atoms with Crippen molar-refractivity contribution in [3.8, 4) is 0 Å². The van der Waals surface area contributed by atoms with Gasteiger partial charge in [-0.2, -0.15) is 0 Å². The van der Waals surface area contributed by atoms with Crippen molar-refractivity contribution in [2.24, 2.45) is 0 Å². The number of anilines is 1. The van der Waals surface area contributed by atoms with Crippen molar-refractivity contribution < 1.29 is 9.18 Å². The quantitative estimate of drug-likeness (QED) is 0.907. The molecular weight excluding hydrogens is 307 g/mol. The van der Waals surface area contributed by atoms with Gasteiger partial charge in [-0.25, -0.2) is 9.37 Å². The van der Waals surface area contributed by atoms with Gasteiger partial charge in [-0.05, 0) is 29.8 Å². The maximum atomic E-state index is 12.8. The number of benzene rings is 1. The number of carbonyl (C=O) groups excluding carboxylic acids is 1. The highest BCUT2D eigenvalue weighted by molar-refractivity contribution is 5.78. The van der Waals surface area contributed by atoms with Gasteiger partial charge in [0.25, 0.3) is 0 Å². The normalized spacial score (nSPS) is 15.3. The van der Waals surface area contributed by atoms with Gasteiger partial charge in [-0.3, -0.25) is 9.69 Å². The fraction of sp³-hybridized carbons (Fsp3) is 0.333. The topological polar surface area (TPSA) is 48.5 Å². The maximum absolute atomic E-state index is 12.8. The Morgan fingerprint density at radius 1 is 1.08 bits per heavy atom. The number of carbonyl (C=O) groups is 1. The first kappa shape index (κ1) is 16.4. The first-order valence-electron chi connectivity index (χ1n) is 8.10. The monoisotopic (exact) mass is 328 g/mol. The van der Waals surface area contributed by atoms with Crippen molar-refractivity contribution in [2.75, 3.05) is 37.6 Å². The van der Waals surface area contributed by atoms with E-state index in [1.807, 2.05) is 18.2 Å². The summed E-state index contributed by atoms with van der Waals surface area (Å²) in [6.07, 6.45) is 1.80. The van der Waals surface area contributed by atoms with Gasteiger partial charge in [0.15, 0.2) is 0 Å². The van der Waals surface area contributed by atoms with E-state index in [1.54, 1.807) is 18.3 Å². The Bertz CT molecular complexity index is 654. The smallest absolute Gasteiger partial charge is 0.234 e. The molecule has 1 aliphatic rings. The summed E-state index contributed by atoms with van der Waals surface area (Å²) in [7, 11) is 0. The molecule has 1 aromatic heterocycles. The molecule has 1 amide bonds. The minimum absolute atomic E-state index is 0.00869. The van der Waals surface area contributed by atoms with Crippen molar-refractivity contribution >= 4 is 11.7 Å². The number of halogens is 1. The van der Waals surface area contributed by atoms with Crippen molar-refractivity contribution in [1.29, 1.82) is 0 Å². The Hall–Kier alpha value is -2.47. The molecule has 0 spiro atoms. The van der Waals surface area contributed by atoms with Crippen LogP contribution in [0.15, 0.2) is 48.7 Å². The van der Waals surface area contributed by atoms with Crippen LogP contribution in [0.4, 0.5) is 10.2 Å². The molecule has 126 valence electrons.